The molecule has 5 heteroatoms. The lowest BCUT2D eigenvalue weighted by Gasteiger charge is -2.17. The van der Waals surface area contributed by atoms with Gasteiger partial charge in [0.15, 0.2) is 0 Å². The van der Waals surface area contributed by atoms with E-state index in [-0.39, 0.29) is 17.8 Å². The van der Waals surface area contributed by atoms with Crippen molar-refractivity contribution >= 4 is 5.97 Å². The third kappa shape index (κ3) is 3.67. The molecule has 0 heterocycles. The average Bonchev–Trinajstić information content (AvgIpc) is 2.51. The third-order valence-corrected chi connectivity index (χ3v) is 3.64. The number of carboxylic acid groups (broad SMARTS) is 1. The quantitative estimate of drug-likeness (QED) is 0.845. The number of rotatable bonds is 6. The normalized spacial score (nSPS) is 12.0. The van der Waals surface area contributed by atoms with Gasteiger partial charge < -0.3 is 9.84 Å². The SMILES string of the molecule is CCOc1cc(C(CC)C(=O)O)c(F)cc1-c1ccc(F)cc1. The first-order valence-corrected chi connectivity index (χ1v) is 7.42. The molecular weight excluding hydrogens is 302 g/mol. The van der Waals surface area contributed by atoms with Crippen LogP contribution in [-0.4, -0.2) is 17.7 Å². The highest BCUT2D eigenvalue weighted by Gasteiger charge is 2.24. The van der Waals surface area contributed by atoms with Gasteiger partial charge in [0.1, 0.15) is 17.4 Å². The maximum absolute atomic E-state index is 14.4. The monoisotopic (exact) mass is 320 g/mol. The van der Waals surface area contributed by atoms with E-state index in [1.807, 2.05) is 0 Å². The Bertz CT molecular complexity index is 696. The number of hydrogen-bond acceptors (Lipinski definition) is 2. The number of benzene rings is 2. The molecular formula is C18H18F2O3. The standard InChI is InChI=1S/C18H18F2O3/c1-3-13(18(21)22)15-10-17(23-4-2)14(9-16(15)20)11-5-7-12(19)8-6-11/h5-10,13H,3-4H2,1-2H3,(H,21,22). The minimum atomic E-state index is -1.08. The van der Waals surface area contributed by atoms with Gasteiger partial charge in [-0.2, -0.15) is 0 Å². The van der Waals surface area contributed by atoms with Crippen molar-refractivity contribution in [2.75, 3.05) is 6.61 Å². The Morgan fingerprint density at radius 3 is 2.35 bits per heavy atom. The molecule has 122 valence electrons. The van der Waals surface area contributed by atoms with Crippen LogP contribution >= 0.6 is 0 Å². The molecule has 0 saturated carbocycles. The zero-order chi connectivity index (χ0) is 17.0. The zero-order valence-electron chi connectivity index (χ0n) is 13.0. The van der Waals surface area contributed by atoms with Crippen LogP contribution in [-0.2, 0) is 4.79 Å². The second-order valence-electron chi connectivity index (χ2n) is 5.11. The molecule has 0 saturated heterocycles. The number of hydrogen-bond donors (Lipinski definition) is 1. The summed E-state index contributed by atoms with van der Waals surface area (Å²) in [5.74, 6) is -2.63. The van der Waals surface area contributed by atoms with Crippen LogP contribution in [0.1, 0.15) is 31.7 Å². The topological polar surface area (TPSA) is 46.5 Å². The van der Waals surface area contributed by atoms with Gasteiger partial charge in [-0.1, -0.05) is 19.1 Å². The largest absolute Gasteiger partial charge is 0.493 e. The molecule has 23 heavy (non-hydrogen) atoms. The summed E-state index contributed by atoms with van der Waals surface area (Å²) in [5, 5.41) is 9.24. The highest BCUT2D eigenvalue weighted by molar-refractivity contribution is 5.78. The molecule has 0 spiro atoms. The Kier molecular flexibility index (Phi) is 5.32. The second-order valence-corrected chi connectivity index (χ2v) is 5.11. The minimum Gasteiger partial charge on any atom is -0.493 e. The number of carbonyl (C=O) groups is 1. The van der Waals surface area contributed by atoms with Gasteiger partial charge in [0.25, 0.3) is 0 Å². The van der Waals surface area contributed by atoms with Crippen LogP contribution in [0.5, 0.6) is 5.75 Å². The Hall–Kier alpha value is -2.43. The fourth-order valence-corrected chi connectivity index (χ4v) is 2.49. The summed E-state index contributed by atoms with van der Waals surface area (Å²) in [6, 6.07) is 8.30. The molecule has 0 aromatic heterocycles. The molecule has 0 fully saturated rings. The first-order chi connectivity index (χ1) is 11.0. The fraction of sp³-hybridized carbons (Fsp3) is 0.278. The van der Waals surface area contributed by atoms with Gasteiger partial charge in [-0.3, -0.25) is 4.79 Å². The molecule has 0 aliphatic heterocycles. The lowest BCUT2D eigenvalue weighted by Crippen LogP contribution is -2.13. The third-order valence-electron chi connectivity index (χ3n) is 3.64. The van der Waals surface area contributed by atoms with E-state index in [1.54, 1.807) is 13.8 Å². The minimum absolute atomic E-state index is 0.0920. The predicted octanol–water partition coefficient (Wildman–Crippen LogP) is 4.61. The van der Waals surface area contributed by atoms with Gasteiger partial charge in [-0.05, 0) is 43.2 Å². The summed E-state index contributed by atoms with van der Waals surface area (Å²) in [6.07, 6.45) is 0.272. The predicted molar refractivity (Wildman–Crippen MR) is 83.6 cm³/mol. The Morgan fingerprint density at radius 1 is 1.17 bits per heavy atom. The summed E-state index contributed by atoms with van der Waals surface area (Å²) < 4.78 is 33.0. The number of aliphatic carboxylic acids is 1. The van der Waals surface area contributed by atoms with Gasteiger partial charge in [0.2, 0.25) is 0 Å². The lowest BCUT2D eigenvalue weighted by atomic mass is 9.93. The van der Waals surface area contributed by atoms with Gasteiger partial charge in [0, 0.05) is 11.1 Å². The van der Waals surface area contributed by atoms with Crippen molar-refractivity contribution in [3.05, 3.63) is 53.6 Å². The molecule has 0 aliphatic carbocycles. The Balaban J connectivity index is 2.58. The lowest BCUT2D eigenvalue weighted by molar-refractivity contribution is -0.138. The fourth-order valence-electron chi connectivity index (χ4n) is 2.49. The van der Waals surface area contributed by atoms with E-state index in [1.165, 1.54) is 36.4 Å². The first kappa shape index (κ1) is 16.9. The van der Waals surface area contributed by atoms with E-state index in [0.717, 1.165) is 0 Å². The number of ether oxygens (including phenoxy) is 1. The molecule has 0 radical (unpaired) electrons. The van der Waals surface area contributed by atoms with Gasteiger partial charge in [0.05, 0.1) is 12.5 Å². The van der Waals surface area contributed by atoms with Crippen molar-refractivity contribution in [2.45, 2.75) is 26.2 Å². The summed E-state index contributed by atoms with van der Waals surface area (Å²) in [4.78, 5) is 11.3. The molecule has 0 bridgehead atoms. The molecule has 2 aromatic carbocycles. The molecule has 2 rings (SSSR count). The number of carboxylic acids is 1. The van der Waals surface area contributed by atoms with E-state index >= 15 is 0 Å². The van der Waals surface area contributed by atoms with Crippen LogP contribution in [0.2, 0.25) is 0 Å². The van der Waals surface area contributed by atoms with Crippen molar-refractivity contribution in [1.29, 1.82) is 0 Å². The average molecular weight is 320 g/mol. The summed E-state index contributed by atoms with van der Waals surface area (Å²) >= 11 is 0. The highest BCUT2D eigenvalue weighted by atomic mass is 19.1. The van der Waals surface area contributed by atoms with Crippen molar-refractivity contribution in [2.24, 2.45) is 0 Å². The number of halogens is 2. The van der Waals surface area contributed by atoms with E-state index in [2.05, 4.69) is 0 Å². The Labute approximate surface area is 133 Å². The van der Waals surface area contributed by atoms with E-state index in [4.69, 9.17) is 4.74 Å². The van der Waals surface area contributed by atoms with E-state index in [9.17, 15) is 18.7 Å². The van der Waals surface area contributed by atoms with Crippen LogP contribution < -0.4 is 4.74 Å². The maximum atomic E-state index is 14.4. The van der Waals surface area contributed by atoms with Gasteiger partial charge in [-0.25, -0.2) is 8.78 Å². The zero-order valence-corrected chi connectivity index (χ0v) is 13.0. The van der Waals surface area contributed by atoms with Gasteiger partial charge in [-0.15, -0.1) is 0 Å². The first-order valence-electron chi connectivity index (χ1n) is 7.42. The summed E-state index contributed by atoms with van der Waals surface area (Å²) in [7, 11) is 0. The molecule has 3 nitrogen and oxygen atoms in total. The van der Waals surface area contributed by atoms with Crippen molar-refractivity contribution < 1.29 is 23.4 Å². The van der Waals surface area contributed by atoms with Crippen molar-refractivity contribution in [1.82, 2.24) is 0 Å². The summed E-state index contributed by atoms with van der Waals surface area (Å²) in [5.41, 5.74) is 1.16. The molecule has 0 aliphatic rings. The molecule has 2 aromatic rings. The second kappa shape index (κ2) is 7.22. The molecule has 0 amide bonds. The molecule has 1 atom stereocenters. The smallest absolute Gasteiger partial charge is 0.311 e. The van der Waals surface area contributed by atoms with Crippen molar-refractivity contribution in [3.63, 3.8) is 0 Å². The van der Waals surface area contributed by atoms with E-state index < -0.39 is 17.7 Å². The molecule has 1 unspecified atom stereocenters. The van der Waals surface area contributed by atoms with E-state index in [0.29, 0.717) is 23.5 Å². The van der Waals surface area contributed by atoms with Gasteiger partial charge >= 0.3 is 5.97 Å². The van der Waals surface area contributed by atoms with Crippen LogP contribution in [0.25, 0.3) is 11.1 Å². The highest BCUT2D eigenvalue weighted by Crippen LogP contribution is 2.36. The van der Waals surface area contributed by atoms with Crippen LogP contribution in [0.4, 0.5) is 8.78 Å². The van der Waals surface area contributed by atoms with Crippen LogP contribution in [0.15, 0.2) is 36.4 Å². The van der Waals surface area contributed by atoms with Crippen molar-refractivity contribution in [3.8, 4) is 16.9 Å². The Morgan fingerprint density at radius 2 is 1.83 bits per heavy atom. The summed E-state index contributed by atoms with van der Waals surface area (Å²) in [6.45, 7) is 3.82. The van der Waals surface area contributed by atoms with Crippen LogP contribution in [0.3, 0.4) is 0 Å². The molecule has 1 N–H and O–H groups in total. The van der Waals surface area contributed by atoms with Crippen LogP contribution in [0, 0.1) is 11.6 Å². The maximum Gasteiger partial charge on any atom is 0.311 e.